The van der Waals surface area contributed by atoms with Gasteiger partial charge in [0.25, 0.3) is 5.91 Å². The van der Waals surface area contributed by atoms with Crippen molar-refractivity contribution in [2.45, 2.75) is 13.2 Å². The molecule has 7 heteroatoms. The molecule has 5 nitrogen and oxygen atoms in total. The Morgan fingerprint density at radius 3 is 2.35 bits per heavy atom. The van der Waals surface area contributed by atoms with Crippen LogP contribution in [0.1, 0.15) is 21.5 Å². The molecule has 1 N–H and O–H groups in total. The van der Waals surface area contributed by atoms with E-state index >= 15 is 0 Å². The molecule has 1 amide bonds. The molecule has 0 unspecified atom stereocenters. The monoisotopic (exact) mass is 495 g/mol. The number of anilines is 1. The summed E-state index contributed by atoms with van der Waals surface area (Å²) in [5.41, 5.74) is 3.31. The van der Waals surface area contributed by atoms with Gasteiger partial charge in [-0.15, -0.1) is 0 Å². The molecule has 0 aliphatic carbocycles. The molecule has 4 aromatic rings. The SMILES string of the molecule is O=C(Nc1cnn(Cc2ccc(Br)cc2)c1)c1ccc(COc2ccc(Cl)cc2)cc1. The molecule has 0 atom stereocenters. The zero-order valence-corrected chi connectivity index (χ0v) is 18.8. The van der Waals surface area contributed by atoms with Gasteiger partial charge in [-0.1, -0.05) is 51.8 Å². The molecular weight excluding hydrogens is 478 g/mol. The zero-order chi connectivity index (χ0) is 21.6. The quantitative estimate of drug-likeness (QED) is 0.332. The summed E-state index contributed by atoms with van der Waals surface area (Å²) in [7, 11) is 0. The first-order valence-corrected chi connectivity index (χ1v) is 10.8. The maximum atomic E-state index is 12.5. The van der Waals surface area contributed by atoms with Crippen LogP contribution in [0.4, 0.5) is 5.69 Å². The third-order valence-electron chi connectivity index (χ3n) is 4.58. The molecule has 4 rings (SSSR count). The van der Waals surface area contributed by atoms with Gasteiger partial charge < -0.3 is 10.1 Å². The van der Waals surface area contributed by atoms with Gasteiger partial charge in [-0.3, -0.25) is 9.48 Å². The number of carbonyl (C=O) groups excluding carboxylic acids is 1. The van der Waals surface area contributed by atoms with Crippen LogP contribution >= 0.6 is 27.5 Å². The second-order valence-corrected chi connectivity index (χ2v) is 8.30. The fraction of sp³-hybridized carbons (Fsp3) is 0.0833. The van der Waals surface area contributed by atoms with E-state index in [-0.39, 0.29) is 5.91 Å². The van der Waals surface area contributed by atoms with Crippen LogP contribution < -0.4 is 10.1 Å². The van der Waals surface area contributed by atoms with Crippen molar-refractivity contribution in [1.29, 1.82) is 0 Å². The average Bonchev–Trinajstić information content (AvgIpc) is 3.22. The Labute approximate surface area is 193 Å². The minimum Gasteiger partial charge on any atom is -0.489 e. The van der Waals surface area contributed by atoms with Crippen LogP contribution in [0.15, 0.2) is 89.7 Å². The van der Waals surface area contributed by atoms with Crippen molar-refractivity contribution >= 4 is 39.1 Å². The Morgan fingerprint density at radius 1 is 0.968 bits per heavy atom. The summed E-state index contributed by atoms with van der Waals surface area (Å²) < 4.78 is 8.55. The second kappa shape index (κ2) is 9.81. The Hall–Kier alpha value is -3.09. The van der Waals surface area contributed by atoms with Crippen LogP contribution in [0.3, 0.4) is 0 Å². The average molecular weight is 497 g/mol. The van der Waals surface area contributed by atoms with E-state index in [1.54, 1.807) is 35.1 Å². The van der Waals surface area contributed by atoms with Crippen LogP contribution in [0.5, 0.6) is 5.75 Å². The maximum absolute atomic E-state index is 12.5. The molecule has 156 valence electrons. The number of ether oxygens (including phenoxy) is 1. The fourth-order valence-electron chi connectivity index (χ4n) is 2.94. The van der Waals surface area contributed by atoms with Crippen LogP contribution in [-0.2, 0) is 13.2 Å². The van der Waals surface area contributed by atoms with Gasteiger partial charge in [0.15, 0.2) is 0 Å². The normalized spacial score (nSPS) is 10.6. The highest BCUT2D eigenvalue weighted by Gasteiger charge is 2.08. The van der Waals surface area contributed by atoms with E-state index in [1.807, 2.05) is 54.7 Å². The first-order valence-electron chi connectivity index (χ1n) is 9.61. The van der Waals surface area contributed by atoms with E-state index in [4.69, 9.17) is 16.3 Å². The molecule has 0 radical (unpaired) electrons. The lowest BCUT2D eigenvalue weighted by Gasteiger charge is -2.07. The minimum atomic E-state index is -0.187. The number of amides is 1. The molecule has 1 heterocycles. The molecule has 0 saturated carbocycles. The third-order valence-corrected chi connectivity index (χ3v) is 5.36. The lowest BCUT2D eigenvalue weighted by atomic mass is 10.1. The van der Waals surface area contributed by atoms with Gasteiger partial charge in [0.05, 0.1) is 18.4 Å². The number of rotatable bonds is 7. The molecule has 31 heavy (non-hydrogen) atoms. The smallest absolute Gasteiger partial charge is 0.255 e. The topological polar surface area (TPSA) is 56.2 Å². The first-order chi connectivity index (χ1) is 15.0. The highest BCUT2D eigenvalue weighted by atomic mass is 79.9. The lowest BCUT2D eigenvalue weighted by Crippen LogP contribution is -2.11. The molecule has 1 aromatic heterocycles. The van der Waals surface area contributed by atoms with Crippen molar-refractivity contribution in [3.8, 4) is 5.75 Å². The van der Waals surface area contributed by atoms with Gasteiger partial charge in [0.1, 0.15) is 12.4 Å². The molecule has 0 aliphatic rings. The summed E-state index contributed by atoms with van der Waals surface area (Å²) in [6, 6.07) is 22.6. The molecule has 0 spiro atoms. The van der Waals surface area contributed by atoms with Gasteiger partial charge in [-0.05, 0) is 59.7 Å². The van der Waals surface area contributed by atoms with E-state index in [0.29, 0.717) is 29.4 Å². The van der Waals surface area contributed by atoms with E-state index < -0.39 is 0 Å². The number of benzene rings is 3. The molecule has 0 aliphatic heterocycles. The number of aromatic nitrogens is 2. The third kappa shape index (κ3) is 5.96. The summed E-state index contributed by atoms with van der Waals surface area (Å²) in [6.45, 7) is 1.04. The van der Waals surface area contributed by atoms with Gasteiger partial charge >= 0.3 is 0 Å². The second-order valence-electron chi connectivity index (χ2n) is 6.95. The van der Waals surface area contributed by atoms with Crippen molar-refractivity contribution in [2.75, 3.05) is 5.32 Å². The zero-order valence-electron chi connectivity index (χ0n) is 16.5. The molecule has 0 saturated heterocycles. The molecule has 0 bridgehead atoms. The predicted molar refractivity (Wildman–Crippen MR) is 126 cm³/mol. The van der Waals surface area contributed by atoms with Crippen molar-refractivity contribution in [3.05, 3.63) is 111 Å². The van der Waals surface area contributed by atoms with E-state index in [1.165, 1.54) is 0 Å². The van der Waals surface area contributed by atoms with E-state index in [9.17, 15) is 4.79 Å². The maximum Gasteiger partial charge on any atom is 0.255 e. The van der Waals surface area contributed by atoms with Crippen LogP contribution in [0, 0.1) is 0 Å². The minimum absolute atomic E-state index is 0.187. The van der Waals surface area contributed by atoms with Gasteiger partial charge in [-0.2, -0.15) is 5.10 Å². The number of nitrogens with one attached hydrogen (secondary N) is 1. The molecular formula is C24H19BrClN3O2. The number of hydrogen-bond acceptors (Lipinski definition) is 3. The highest BCUT2D eigenvalue weighted by Crippen LogP contribution is 2.18. The molecule has 3 aromatic carbocycles. The Morgan fingerprint density at radius 2 is 1.65 bits per heavy atom. The van der Waals surface area contributed by atoms with E-state index in [2.05, 4.69) is 26.3 Å². The van der Waals surface area contributed by atoms with Crippen LogP contribution in [0.2, 0.25) is 5.02 Å². The summed E-state index contributed by atoms with van der Waals surface area (Å²) in [5, 5.41) is 7.87. The lowest BCUT2D eigenvalue weighted by molar-refractivity contribution is 0.102. The van der Waals surface area contributed by atoms with Gasteiger partial charge in [0.2, 0.25) is 0 Å². The van der Waals surface area contributed by atoms with Gasteiger partial charge in [-0.25, -0.2) is 0 Å². The number of hydrogen-bond donors (Lipinski definition) is 1. The summed E-state index contributed by atoms with van der Waals surface area (Å²) in [4.78, 5) is 12.5. The largest absolute Gasteiger partial charge is 0.489 e. The Kier molecular flexibility index (Phi) is 6.70. The standard InChI is InChI=1S/C24H19BrClN3O2/c25-20-7-3-17(4-8-20)14-29-15-22(13-27-29)28-24(30)19-5-1-18(2-6-19)16-31-23-11-9-21(26)10-12-23/h1-13,15H,14,16H2,(H,28,30). The number of nitrogens with zero attached hydrogens (tertiary/aromatic N) is 2. The van der Waals surface area contributed by atoms with Crippen molar-refractivity contribution < 1.29 is 9.53 Å². The Bertz CT molecular complexity index is 1160. The van der Waals surface area contributed by atoms with Crippen molar-refractivity contribution in [3.63, 3.8) is 0 Å². The summed E-state index contributed by atoms with van der Waals surface area (Å²) in [6.07, 6.45) is 3.46. The number of halogens is 2. The predicted octanol–water partition coefficient (Wildman–Crippen LogP) is 6.18. The van der Waals surface area contributed by atoms with E-state index in [0.717, 1.165) is 21.3 Å². The Balaban J connectivity index is 1.31. The van der Waals surface area contributed by atoms with Crippen molar-refractivity contribution in [1.82, 2.24) is 9.78 Å². The van der Waals surface area contributed by atoms with Crippen LogP contribution in [0.25, 0.3) is 0 Å². The van der Waals surface area contributed by atoms with Crippen molar-refractivity contribution in [2.24, 2.45) is 0 Å². The summed E-state index contributed by atoms with van der Waals surface area (Å²) in [5.74, 6) is 0.555. The van der Waals surface area contributed by atoms with Crippen LogP contribution in [-0.4, -0.2) is 15.7 Å². The summed E-state index contributed by atoms with van der Waals surface area (Å²) >= 11 is 9.31. The number of carbonyl (C=O) groups is 1. The molecule has 0 fully saturated rings. The fourth-order valence-corrected chi connectivity index (χ4v) is 3.33. The van der Waals surface area contributed by atoms with Gasteiger partial charge in [0, 0.05) is 21.3 Å². The first kappa shape index (κ1) is 21.2. The highest BCUT2D eigenvalue weighted by molar-refractivity contribution is 9.10.